The summed E-state index contributed by atoms with van der Waals surface area (Å²) in [5.74, 6) is 0. The maximum absolute atomic E-state index is 12.5. The van der Waals surface area contributed by atoms with E-state index in [1.165, 1.54) is 4.68 Å². The predicted molar refractivity (Wildman–Crippen MR) is 125 cm³/mol. The van der Waals surface area contributed by atoms with E-state index >= 15 is 0 Å². The van der Waals surface area contributed by atoms with E-state index in [4.69, 9.17) is 5.10 Å². The molecule has 0 aliphatic carbocycles. The van der Waals surface area contributed by atoms with Crippen LogP contribution in [0.25, 0.3) is 22.6 Å². The quantitative estimate of drug-likeness (QED) is 0.401. The average molecular weight is 425 g/mol. The number of hydrogen-bond acceptors (Lipinski definition) is 4. The Hall–Kier alpha value is -3.97. The summed E-state index contributed by atoms with van der Waals surface area (Å²) < 4.78 is 5.02. The molecule has 5 rings (SSSR count). The minimum absolute atomic E-state index is 0.115. The first kappa shape index (κ1) is 20.0. The largest absolute Gasteiger partial charge is 0.350 e. The average Bonchev–Trinajstić information content (AvgIpc) is 3.40. The summed E-state index contributed by atoms with van der Waals surface area (Å²) >= 11 is 0. The second kappa shape index (κ2) is 8.64. The van der Waals surface area contributed by atoms with Crippen molar-refractivity contribution in [2.45, 2.75) is 13.1 Å². The zero-order chi connectivity index (χ0) is 21.9. The van der Waals surface area contributed by atoms with Crippen LogP contribution in [0.3, 0.4) is 0 Å². The Kier molecular flexibility index (Phi) is 5.39. The first-order chi connectivity index (χ1) is 15.7. The molecule has 0 aliphatic rings. The number of rotatable bonds is 7. The summed E-state index contributed by atoms with van der Waals surface area (Å²) in [6.45, 7) is 1.91. The topological polar surface area (TPSA) is 60.4 Å². The lowest BCUT2D eigenvalue weighted by Gasteiger charge is -2.16. The van der Waals surface area contributed by atoms with Crippen molar-refractivity contribution in [3.05, 3.63) is 107 Å². The Morgan fingerprint density at radius 1 is 0.875 bits per heavy atom. The normalized spacial score (nSPS) is 11.4. The van der Waals surface area contributed by atoms with E-state index in [1.54, 1.807) is 10.6 Å². The fraction of sp³-hybridized carbons (Fsp3) is 0.160. The third-order valence-corrected chi connectivity index (χ3v) is 5.48. The molecule has 0 unspecified atom stereocenters. The van der Waals surface area contributed by atoms with Gasteiger partial charge >= 0.3 is 5.69 Å². The van der Waals surface area contributed by atoms with Crippen LogP contribution in [0.4, 0.5) is 0 Å². The van der Waals surface area contributed by atoms with Crippen LogP contribution in [-0.2, 0) is 13.1 Å². The van der Waals surface area contributed by atoms with E-state index in [0.29, 0.717) is 25.3 Å². The first-order valence-corrected chi connectivity index (χ1v) is 10.6. The van der Waals surface area contributed by atoms with E-state index in [2.05, 4.69) is 35.4 Å². The van der Waals surface area contributed by atoms with Crippen molar-refractivity contribution >= 4 is 5.65 Å². The molecule has 0 fully saturated rings. The lowest BCUT2D eigenvalue weighted by Crippen LogP contribution is -2.28. The molecule has 0 amide bonds. The molecule has 2 aromatic carbocycles. The first-order valence-electron chi connectivity index (χ1n) is 10.6. The van der Waals surface area contributed by atoms with E-state index in [9.17, 15) is 4.79 Å². The van der Waals surface area contributed by atoms with Gasteiger partial charge in [-0.2, -0.15) is 5.10 Å². The molecule has 0 radical (unpaired) electrons. The monoisotopic (exact) mass is 424 g/mol. The molecule has 7 heteroatoms. The van der Waals surface area contributed by atoms with Gasteiger partial charge in [-0.05, 0) is 31.3 Å². The van der Waals surface area contributed by atoms with Gasteiger partial charge in [0.15, 0.2) is 5.65 Å². The molecule has 0 spiro atoms. The number of hydrogen-bond donors (Lipinski definition) is 0. The second-order valence-electron chi connectivity index (χ2n) is 7.82. The van der Waals surface area contributed by atoms with Crippen molar-refractivity contribution in [1.29, 1.82) is 0 Å². The lowest BCUT2D eigenvalue weighted by atomic mass is 10.1. The van der Waals surface area contributed by atoms with Crippen LogP contribution in [0.1, 0.15) is 5.56 Å². The van der Waals surface area contributed by atoms with Gasteiger partial charge in [0.05, 0.1) is 17.9 Å². The van der Waals surface area contributed by atoms with Gasteiger partial charge in [0.25, 0.3) is 0 Å². The molecule has 0 N–H and O–H groups in total. The van der Waals surface area contributed by atoms with Crippen LogP contribution >= 0.6 is 0 Å². The molecule has 0 saturated heterocycles. The Morgan fingerprint density at radius 3 is 2.34 bits per heavy atom. The fourth-order valence-corrected chi connectivity index (χ4v) is 3.83. The molecule has 0 bridgehead atoms. The van der Waals surface area contributed by atoms with Gasteiger partial charge in [0, 0.05) is 36.6 Å². The SMILES string of the molecule is CN(CCn1nc2ccccn2c1=O)Cc1cn(-c2ccccc2)nc1-c1ccccc1. The molecule has 3 aromatic heterocycles. The number of aromatic nitrogens is 5. The van der Waals surface area contributed by atoms with Gasteiger partial charge in [0.2, 0.25) is 0 Å². The third-order valence-electron chi connectivity index (χ3n) is 5.48. The molecule has 0 atom stereocenters. The van der Waals surface area contributed by atoms with Gasteiger partial charge in [-0.1, -0.05) is 54.6 Å². The van der Waals surface area contributed by atoms with Gasteiger partial charge in [0.1, 0.15) is 0 Å². The van der Waals surface area contributed by atoms with Crippen molar-refractivity contribution in [2.24, 2.45) is 0 Å². The summed E-state index contributed by atoms with van der Waals surface area (Å²) in [5.41, 5.74) is 4.75. The second-order valence-corrected chi connectivity index (χ2v) is 7.82. The zero-order valence-electron chi connectivity index (χ0n) is 17.9. The van der Waals surface area contributed by atoms with Crippen molar-refractivity contribution < 1.29 is 0 Å². The van der Waals surface area contributed by atoms with E-state index in [-0.39, 0.29) is 5.69 Å². The molecule has 3 heterocycles. The van der Waals surface area contributed by atoms with E-state index < -0.39 is 0 Å². The highest BCUT2D eigenvalue weighted by Gasteiger charge is 2.15. The Morgan fingerprint density at radius 2 is 1.59 bits per heavy atom. The van der Waals surface area contributed by atoms with Gasteiger partial charge in [-0.3, -0.25) is 4.40 Å². The number of para-hydroxylation sites is 1. The highest BCUT2D eigenvalue weighted by molar-refractivity contribution is 5.63. The summed E-state index contributed by atoms with van der Waals surface area (Å²) in [6.07, 6.45) is 3.83. The number of likely N-dealkylation sites (N-methyl/N-ethyl adjacent to an activating group) is 1. The standard InChI is InChI=1S/C25H24N6O/c1-28(16-17-30-25(32)29-15-9-8-14-23(29)26-30)18-21-19-31(22-12-6-3-7-13-22)27-24(21)20-10-4-2-5-11-20/h2-15,19H,16-18H2,1H3. The van der Waals surface area contributed by atoms with Crippen LogP contribution in [-0.4, -0.2) is 42.5 Å². The molecule has 32 heavy (non-hydrogen) atoms. The van der Waals surface area contributed by atoms with Crippen molar-refractivity contribution in [1.82, 2.24) is 28.9 Å². The van der Waals surface area contributed by atoms with E-state index in [1.807, 2.05) is 71.4 Å². The maximum Gasteiger partial charge on any atom is 0.350 e. The Labute approximate surface area is 185 Å². The van der Waals surface area contributed by atoms with Gasteiger partial charge < -0.3 is 4.90 Å². The molecule has 160 valence electrons. The fourth-order valence-electron chi connectivity index (χ4n) is 3.83. The molecular formula is C25H24N6O. The van der Waals surface area contributed by atoms with Gasteiger partial charge in [-0.15, -0.1) is 5.10 Å². The molecule has 5 aromatic rings. The van der Waals surface area contributed by atoms with Crippen molar-refractivity contribution in [2.75, 3.05) is 13.6 Å². The highest BCUT2D eigenvalue weighted by atomic mass is 16.2. The van der Waals surface area contributed by atoms with Gasteiger partial charge in [-0.25, -0.2) is 14.2 Å². The smallest absolute Gasteiger partial charge is 0.300 e. The summed E-state index contributed by atoms with van der Waals surface area (Å²) in [7, 11) is 2.05. The van der Waals surface area contributed by atoms with Crippen molar-refractivity contribution in [3.63, 3.8) is 0 Å². The molecule has 7 nitrogen and oxygen atoms in total. The van der Waals surface area contributed by atoms with Crippen LogP contribution < -0.4 is 5.69 Å². The molecule has 0 aliphatic heterocycles. The number of benzene rings is 2. The number of nitrogens with zero attached hydrogens (tertiary/aromatic N) is 6. The molecular weight excluding hydrogens is 400 g/mol. The predicted octanol–water partition coefficient (Wildman–Crippen LogP) is 3.48. The summed E-state index contributed by atoms with van der Waals surface area (Å²) in [4.78, 5) is 14.7. The number of pyridine rings is 1. The van der Waals surface area contributed by atoms with E-state index in [0.717, 1.165) is 22.5 Å². The zero-order valence-corrected chi connectivity index (χ0v) is 17.9. The van der Waals surface area contributed by atoms with Crippen LogP contribution in [0.5, 0.6) is 0 Å². The van der Waals surface area contributed by atoms with Crippen LogP contribution in [0.15, 0.2) is 96.1 Å². The Balaban J connectivity index is 1.38. The minimum Gasteiger partial charge on any atom is -0.300 e. The summed E-state index contributed by atoms with van der Waals surface area (Å²) in [5, 5.41) is 9.31. The number of fused-ring (bicyclic) bond motifs is 1. The minimum atomic E-state index is -0.115. The van der Waals surface area contributed by atoms with Crippen LogP contribution in [0.2, 0.25) is 0 Å². The lowest BCUT2D eigenvalue weighted by molar-refractivity contribution is 0.303. The highest BCUT2D eigenvalue weighted by Crippen LogP contribution is 2.24. The summed E-state index contributed by atoms with van der Waals surface area (Å²) in [6, 6.07) is 25.9. The maximum atomic E-state index is 12.5. The van der Waals surface area contributed by atoms with Crippen molar-refractivity contribution in [3.8, 4) is 16.9 Å². The Bertz CT molecular complexity index is 1380. The van der Waals surface area contributed by atoms with Crippen LogP contribution in [0, 0.1) is 0 Å². The molecule has 0 saturated carbocycles. The third kappa shape index (κ3) is 3.98.